The molecule has 0 fully saturated rings. The molecule has 1 heterocycles. The second kappa shape index (κ2) is 7.09. The topological polar surface area (TPSA) is 68.0 Å². The molecule has 1 aromatic heterocycles. The van der Waals surface area contributed by atoms with Crippen LogP contribution in [0.1, 0.15) is 35.2 Å². The number of aromatic nitrogens is 1. The molecule has 2 rings (SSSR count). The molecule has 21 heavy (non-hydrogen) atoms. The summed E-state index contributed by atoms with van der Waals surface area (Å²) in [7, 11) is 0. The first-order valence-corrected chi connectivity index (χ1v) is 7.20. The van der Waals surface area contributed by atoms with E-state index in [0.29, 0.717) is 23.0 Å². The van der Waals surface area contributed by atoms with Crippen LogP contribution in [0.5, 0.6) is 0 Å². The van der Waals surface area contributed by atoms with E-state index in [1.54, 1.807) is 0 Å². The molecule has 0 radical (unpaired) electrons. The lowest BCUT2D eigenvalue weighted by Gasteiger charge is -2.12. The number of nitrogens with zero attached hydrogens (tertiary/aromatic N) is 1. The molecule has 1 atom stereocenters. The normalized spacial score (nSPS) is 11.9. The van der Waals surface area contributed by atoms with Gasteiger partial charge in [0.1, 0.15) is 5.82 Å². The number of rotatable bonds is 5. The van der Waals surface area contributed by atoms with Crippen LogP contribution in [0.3, 0.4) is 0 Å². The number of halogens is 1. The standard InChI is InChI=1S/C16H18ClN3O/c1-11(12-5-3-2-4-6-12)7-8-19-16(21)13-9-14(17)15(18)20-10-13/h2-6,9-11H,7-8H2,1H3,(H2,18,20)(H,19,21). The Morgan fingerprint density at radius 3 is 2.76 bits per heavy atom. The van der Waals surface area contributed by atoms with Gasteiger partial charge in [-0.3, -0.25) is 4.79 Å². The third-order valence-corrected chi connectivity index (χ3v) is 3.67. The molecular formula is C16H18ClN3O. The van der Waals surface area contributed by atoms with Gasteiger partial charge in [-0.25, -0.2) is 4.98 Å². The smallest absolute Gasteiger partial charge is 0.252 e. The average molecular weight is 304 g/mol. The van der Waals surface area contributed by atoms with Gasteiger partial charge in [-0.15, -0.1) is 0 Å². The molecule has 0 saturated heterocycles. The van der Waals surface area contributed by atoms with Crippen LogP contribution >= 0.6 is 11.6 Å². The Morgan fingerprint density at radius 2 is 2.10 bits per heavy atom. The maximum Gasteiger partial charge on any atom is 0.252 e. The first-order chi connectivity index (χ1) is 10.1. The van der Waals surface area contributed by atoms with Gasteiger partial charge < -0.3 is 11.1 Å². The quantitative estimate of drug-likeness (QED) is 0.891. The summed E-state index contributed by atoms with van der Waals surface area (Å²) >= 11 is 5.85. The Bertz CT molecular complexity index is 616. The Kier molecular flexibility index (Phi) is 5.17. The van der Waals surface area contributed by atoms with E-state index in [0.717, 1.165) is 6.42 Å². The van der Waals surface area contributed by atoms with E-state index in [1.807, 2.05) is 18.2 Å². The van der Waals surface area contributed by atoms with Crippen LogP contribution in [0.4, 0.5) is 5.82 Å². The number of anilines is 1. The van der Waals surface area contributed by atoms with Gasteiger partial charge in [0, 0.05) is 12.7 Å². The summed E-state index contributed by atoms with van der Waals surface area (Å²) < 4.78 is 0. The number of nitrogens with one attached hydrogen (secondary N) is 1. The molecule has 0 aliphatic rings. The van der Waals surface area contributed by atoms with Gasteiger partial charge in [0.2, 0.25) is 0 Å². The Morgan fingerprint density at radius 1 is 1.38 bits per heavy atom. The zero-order valence-corrected chi connectivity index (χ0v) is 12.6. The molecule has 0 saturated carbocycles. The minimum Gasteiger partial charge on any atom is -0.382 e. The number of hydrogen-bond acceptors (Lipinski definition) is 3. The highest BCUT2D eigenvalue weighted by atomic mass is 35.5. The SMILES string of the molecule is CC(CCNC(=O)c1cnc(N)c(Cl)c1)c1ccccc1. The van der Waals surface area contributed by atoms with Gasteiger partial charge in [0.25, 0.3) is 5.91 Å². The zero-order valence-electron chi connectivity index (χ0n) is 11.8. The summed E-state index contributed by atoms with van der Waals surface area (Å²) in [5.41, 5.74) is 7.20. The largest absolute Gasteiger partial charge is 0.382 e. The van der Waals surface area contributed by atoms with Crippen molar-refractivity contribution in [1.29, 1.82) is 0 Å². The molecule has 110 valence electrons. The lowest BCUT2D eigenvalue weighted by molar-refractivity contribution is 0.0952. The minimum atomic E-state index is -0.190. The highest BCUT2D eigenvalue weighted by Gasteiger charge is 2.10. The average Bonchev–Trinajstić information content (AvgIpc) is 2.50. The van der Waals surface area contributed by atoms with Crippen LogP contribution in [-0.2, 0) is 0 Å². The van der Waals surface area contributed by atoms with Crippen molar-refractivity contribution in [2.75, 3.05) is 12.3 Å². The summed E-state index contributed by atoms with van der Waals surface area (Å²) in [6.07, 6.45) is 2.29. The van der Waals surface area contributed by atoms with Gasteiger partial charge in [-0.05, 0) is 24.0 Å². The molecule has 0 aliphatic heterocycles. The summed E-state index contributed by atoms with van der Waals surface area (Å²) in [5, 5.41) is 3.16. The Hall–Kier alpha value is -2.07. The lowest BCUT2D eigenvalue weighted by atomic mass is 9.98. The second-order valence-corrected chi connectivity index (χ2v) is 5.35. The van der Waals surface area contributed by atoms with Gasteiger partial charge in [0.15, 0.2) is 0 Å². The summed E-state index contributed by atoms with van der Waals surface area (Å²) in [4.78, 5) is 15.9. The summed E-state index contributed by atoms with van der Waals surface area (Å²) in [6.45, 7) is 2.74. The molecule has 5 heteroatoms. The molecule has 4 nitrogen and oxygen atoms in total. The number of nitrogens with two attached hydrogens (primary N) is 1. The van der Waals surface area contributed by atoms with E-state index in [2.05, 4.69) is 29.4 Å². The first-order valence-electron chi connectivity index (χ1n) is 6.82. The molecule has 1 aromatic carbocycles. The van der Waals surface area contributed by atoms with Crippen LogP contribution in [0, 0.1) is 0 Å². The van der Waals surface area contributed by atoms with Gasteiger partial charge >= 0.3 is 0 Å². The Balaban J connectivity index is 1.85. The lowest BCUT2D eigenvalue weighted by Crippen LogP contribution is -2.25. The highest BCUT2D eigenvalue weighted by molar-refractivity contribution is 6.33. The third kappa shape index (κ3) is 4.20. The van der Waals surface area contributed by atoms with E-state index in [-0.39, 0.29) is 11.7 Å². The molecule has 2 aromatic rings. The number of carbonyl (C=O) groups is 1. The van der Waals surface area contributed by atoms with Crippen molar-refractivity contribution in [3.63, 3.8) is 0 Å². The van der Waals surface area contributed by atoms with E-state index in [1.165, 1.54) is 17.8 Å². The van der Waals surface area contributed by atoms with E-state index in [4.69, 9.17) is 17.3 Å². The number of pyridine rings is 1. The molecule has 0 spiro atoms. The van der Waals surface area contributed by atoms with Crippen molar-refractivity contribution < 1.29 is 4.79 Å². The fourth-order valence-corrected chi connectivity index (χ4v) is 2.19. The minimum absolute atomic E-state index is 0.190. The van der Waals surface area contributed by atoms with E-state index < -0.39 is 0 Å². The van der Waals surface area contributed by atoms with Crippen molar-refractivity contribution in [1.82, 2.24) is 10.3 Å². The van der Waals surface area contributed by atoms with Gasteiger partial charge in [0.05, 0.1) is 10.6 Å². The molecular weight excluding hydrogens is 286 g/mol. The van der Waals surface area contributed by atoms with E-state index in [9.17, 15) is 4.79 Å². The van der Waals surface area contributed by atoms with Crippen LogP contribution in [0.25, 0.3) is 0 Å². The molecule has 0 aliphatic carbocycles. The van der Waals surface area contributed by atoms with Crippen LogP contribution in [0.15, 0.2) is 42.6 Å². The predicted octanol–water partition coefficient (Wildman–Crippen LogP) is 3.24. The fraction of sp³-hybridized carbons (Fsp3) is 0.250. The maximum atomic E-state index is 12.0. The second-order valence-electron chi connectivity index (χ2n) is 4.95. The van der Waals surface area contributed by atoms with Crippen molar-refractivity contribution in [2.24, 2.45) is 0 Å². The van der Waals surface area contributed by atoms with E-state index >= 15 is 0 Å². The molecule has 1 amide bonds. The van der Waals surface area contributed by atoms with Crippen molar-refractivity contribution >= 4 is 23.3 Å². The predicted molar refractivity (Wildman–Crippen MR) is 85.5 cm³/mol. The number of nitrogen functional groups attached to an aromatic ring is 1. The van der Waals surface area contributed by atoms with Gasteiger partial charge in [-0.1, -0.05) is 48.9 Å². The van der Waals surface area contributed by atoms with Crippen molar-refractivity contribution in [3.05, 3.63) is 58.7 Å². The van der Waals surface area contributed by atoms with Crippen molar-refractivity contribution in [2.45, 2.75) is 19.3 Å². The highest BCUT2D eigenvalue weighted by Crippen LogP contribution is 2.18. The number of hydrogen-bond donors (Lipinski definition) is 2. The molecule has 3 N–H and O–H groups in total. The van der Waals surface area contributed by atoms with Crippen molar-refractivity contribution in [3.8, 4) is 0 Å². The fourth-order valence-electron chi connectivity index (χ4n) is 2.03. The maximum absolute atomic E-state index is 12.0. The molecule has 0 bridgehead atoms. The summed E-state index contributed by atoms with van der Waals surface area (Å²) in [6, 6.07) is 11.8. The third-order valence-electron chi connectivity index (χ3n) is 3.36. The summed E-state index contributed by atoms with van der Waals surface area (Å²) in [5.74, 6) is 0.426. The monoisotopic (exact) mass is 303 g/mol. The van der Waals surface area contributed by atoms with Crippen LogP contribution in [-0.4, -0.2) is 17.4 Å². The van der Waals surface area contributed by atoms with Crippen LogP contribution in [0.2, 0.25) is 5.02 Å². The zero-order chi connectivity index (χ0) is 15.2. The Labute approximate surface area is 129 Å². The van der Waals surface area contributed by atoms with Gasteiger partial charge in [-0.2, -0.15) is 0 Å². The number of benzene rings is 1. The van der Waals surface area contributed by atoms with Crippen LogP contribution < -0.4 is 11.1 Å². The number of carbonyl (C=O) groups excluding carboxylic acids is 1. The first kappa shape index (κ1) is 15.3. The molecule has 1 unspecified atom stereocenters. The number of amides is 1.